The molecule has 0 unspecified atom stereocenters. The van der Waals surface area contributed by atoms with E-state index in [-0.39, 0.29) is 12.0 Å². The topological polar surface area (TPSA) is 95.9 Å². The second-order valence-electron chi connectivity index (χ2n) is 7.18. The smallest absolute Gasteiger partial charge is 0.475 e. The molecule has 8 nitrogen and oxygen atoms in total. The molecule has 4 heterocycles. The normalized spacial score (nSPS) is 21.6. The number of amides is 1. The first kappa shape index (κ1) is 23.1. The SMILES string of the molecule is O=C(O)C(F)(F)F.O=C(c1ccnnc1)N1C[C@@H]2CN(Cc3ccsc3)CCO[C@@H]2C1. The van der Waals surface area contributed by atoms with Gasteiger partial charge in [0, 0.05) is 38.6 Å². The second kappa shape index (κ2) is 10.2. The fourth-order valence-corrected chi connectivity index (χ4v) is 4.17. The number of fused-ring (bicyclic) bond motifs is 1. The summed E-state index contributed by atoms with van der Waals surface area (Å²) in [7, 11) is 0. The minimum Gasteiger partial charge on any atom is -0.475 e. The third-order valence-corrected chi connectivity index (χ3v) is 5.69. The van der Waals surface area contributed by atoms with Crippen LogP contribution in [0.15, 0.2) is 35.3 Å². The van der Waals surface area contributed by atoms with E-state index >= 15 is 0 Å². The number of carboxylic acid groups (broad SMARTS) is 1. The van der Waals surface area contributed by atoms with Gasteiger partial charge in [0.25, 0.3) is 5.91 Å². The van der Waals surface area contributed by atoms with Crippen molar-refractivity contribution in [2.24, 2.45) is 5.92 Å². The number of ether oxygens (including phenoxy) is 1. The van der Waals surface area contributed by atoms with Crippen molar-refractivity contribution in [3.05, 3.63) is 46.4 Å². The Morgan fingerprint density at radius 2 is 2.00 bits per heavy atom. The molecule has 31 heavy (non-hydrogen) atoms. The summed E-state index contributed by atoms with van der Waals surface area (Å²) in [5.74, 6) is -2.37. The lowest BCUT2D eigenvalue weighted by molar-refractivity contribution is -0.192. The molecule has 1 amide bonds. The molecule has 0 spiro atoms. The van der Waals surface area contributed by atoms with E-state index < -0.39 is 12.1 Å². The van der Waals surface area contributed by atoms with Crippen molar-refractivity contribution in [1.82, 2.24) is 20.0 Å². The fourth-order valence-electron chi connectivity index (χ4n) is 3.51. The Kier molecular flexibility index (Phi) is 7.57. The predicted molar refractivity (Wildman–Crippen MR) is 104 cm³/mol. The Morgan fingerprint density at radius 1 is 1.23 bits per heavy atom. The lowest BCUT2D eigenvalue weighted by Gasteiger charge is -2.23. The highest BCUT2D eigenvalue weighted by molar-refractivity contribution is 7.07. The molecule has 1 N–H and O–H groups in total. The first-order chi connectivity index (χ1) is 14.7. The van der Waals surface area contributed by atoms with Gasteiger partial charge in [-0.25, -0.2) is 4.79 Å². The van der Waals surface area contributed by atoms with Crippen molar-refractivity contribution >= 4 is 23.2 Å². The van der Waals surface area contributed by atoms with Crippen LogP contribution in [-0.4, -0.2) is 82.0 Å². The van der Waals surface area contributed by atoms with Crippen molar-refractivity contribution in [3.8, 4) is 0 Å². The van der Waals surface area contributed by atoms with Crippen LogP contribution in [0.5, 0.6) is 0 Å². The number of carbonyl (C=O) groups is 2. The monoisotopic (exact) mass is 458 g/mol. The number of halogens is 3. The summed E-state index contributed by atoms with van der Waals surface area (Å²) in [6, 6.07) is 3.89. The first-order valence-electron chi connectivity index (χ1n) is 9.45. The van der Waals surface area contributed by atoms with Crippen LogP contribution in [0.3, 0.4) is 0 Å². The maximum atomic E-state index is 12.6. The number of nitrogens with zero attached hydrogens (tertiary/aromatic N) is 4. The Balaban J connectivity index is 0.000000339. The summed E-state index contributed by atoms with van der Waals surface area (Å²) >= 11 is 1.73. The highest BCUT2D eigenvalue weighted by atomic mass is 32.1. The lowest BCUT2D eigenvalue weighted by atomic mass is 10.1. The van der Waals surface area contributed by atoms with E-state index in [0.29, 0.717) is 18.0 Å². The Hall–Kier alpha value is -2.57. The van der Waals surface area contributed by atoms with Gasteiger partial charge in [0.2, 0.25) is 0 Å². The van der Waals surface area contributed by atoms with Crippen LogP contribution in [-0.2, 0) is 16.1 Å². The molecule has 2 aliphatic rings. The molecule has 2 aliphatic heterocycles. The molecular weight excluding hydrogens is 437 g/mol. The van der Waals surface area contributed by atoms with Crippen LogP contribution in [0.2, 0.25) is 0 Å². The lowest BCUT2D eigenvalue weighted by Crippen LogP contribution is -2.33. The van der Waals surface area contributed by atoms with Gasteiger partial charge < -0.3 is 14.7 Å². The van der Waals surface area contributed by atoms with Crippen LogP contribution < -0.4 is 0 Å². The van der Waals surface area contributed by atoms with Crippen LogP contribution in [0.4, 0.5) is 13.2 Å². The maximum absolute atomic E-state index is 12.6. The summed E-state index contributed by atoms with van der Waals surface area (Å²) in [5, 5.41) is 19.0. The summed E-state index contributed by atoms with van der Waals surface area (Å²) in [4.78, 5) is 25.8. The number of aromatic nitrogens is 2. The molecule has 0 aromatic carbocycles. The molecule has 168 valence electrons. The zero-order valence-corrected chi connectivity index (χ0v) is 17.2. The molecule has 2 aromatic rings. The van der Waals surface area contributed by atoms with Gasteiger partial charge in [-0.3, -0.25) is 9.69 Å². The first-order valence-corrected chi connectivity index (χ1v) is 10.4. The van der Waals surface area contributed by atoms with Gasteiger partial charge in [-0.05, 0) is 28.5 Å². The van der Waals surface area contributed by atoms with Gasteiger partial charge in [-0.15, -0.1) is 0 Å². The summed E-state index contributed by atoms with van der Waals surface area (Å²) in [6.45, 7) is 5.01. The van der Waals surface area contributed by atoms with E-state index in [0.717, 1.165) is 32.8 Å². The van der Waals surface area contributed by atoms with Gasteiger partial charge >= 0.3 is 12.1 Å². The largest absolute Gasteiger partial charge is 0.490 e. The molecule has 2 fully saturated rings. The van der Waals surface area contributed by atoms with Crippen molar-refractivity contribution in [3.63, 3.8) is 0 Å². The number of carboxylic acids is 1. The molecule has 2 atom stereocenters. The van der Waals surface area contributed by atoms with E-state index in [1.165, 1.54) is 11.8 Å². The molecule has 2 saturated heterocycles. The number of aliphatic carboxylic acids is 1. The quantitative estimate of drug-likeness (QED) is 0.753. The molecule has 0 radical (unpaired) electrons. The number of likely N-dealkylation sites (tertiary alicyclic amines) is 1. The zero-order valence-electron chi connectivity index (χ0n) is 16.4. The van der Waals surface area contributed by atoms with Crippen LogP contribution in [0, 0.1) is 5.92 Å². The molecule has 0 aliphatic carbocycles. The number of rotatable bonds is 3. The van der Waals surface area contributed by atoms with E-state index in [2.05, 4.69) is 31.9 Å². The number of hydrogen-bond donors (Lipinski definition) is 1. The molecule has 0 saturated carbocycles. The highest BCUT2D eigenvalue weighted by Crippen LogP contribution is 2.26. The fraction of sp³-hybridized carbons (Fsp3) is 0.474. The van der Waals surface area contributed by atoms with Crippen LogP contribution in [0.25, 0.3) is 0 Å². The third kappa shape index (κ3) is 6.45. The van der Waals surface area contributed by atoms with Crippen molar-refractivity contribution in [2.75, 3.05) is 32.8 Å². The minimum absolute atomic E-state index is 0.0194. The van der Waals surface area contributed by atoms with Gasteiger partial charge in [0.1, 0.15) is 0 Å². The average Bonchev–Trinajstić information content (AvgIpc) is 3.34. The number of alkyl halides is 3. The summed E-state index contributed by atoms with van der Waals surface area (Å²) in [6.07, 6.45) is -1.86. The standard InChI is InChI=1S/C17H20N4O2S.C2HF3O2/c22-17(14-1-3-18-19-7-14)21-10-15-9-20(4-5-23-16(15)11-21)8-13-2-6-24-12-13;3-2(4,5)1(6)7/h1-3,6-7,12,15-16H,4-5,8-11H2;(H,6,7)/t15-,16+;/m0./s1. The molecule has 2 aromatic heterocycles. The Labute approximate surface area is 180 Å². The molecule has 0 bridgehead atoms. The van der Waals surface area contributed by atoms with E-state index in [1.807, 2.05) is 4.90 Å². The Morgan fingerprint density at radius 3 is 2.61 bits per heavy atom. The summed E-state index contributed by atoms with van der Waals surface area (Å²) < 4.78 is 37.8. The minimum atomic E-state index is -5.08. The average molecular weight is 458 g/mol. The number of hydrogen-bond acceptors (Lipinski definition) is 7. The Bertz CT molecular complexity index is 867. The van der Waals surface area contributed by atoms with Gasteiger partial charge in [0.05, 0.1) is 30.7 Å². The third-order valence-electron chi connectivity index (χ3n) is 4.96. The van der Waals surface area contributed by atoms with Gasteiger partial charge in [-0.1, -0.05) is 0 Å². The van der Waals surface area contributed by atoms with Crippen molar-refractivity contribution < 1.29 is 32.6 Å². The second-order valence-corrected chi connectivity index (χ2v) is 7.96. The molecule has 4 rings (SSSR count). The van der Waals surface area contributed by atoms with Crippen LogP contribution in [0.1, 0.15) is 15.9 Å². The van der Waals surface area contributed by atoms with Crippen LogP contribution >= 0.6 is 11.3 Å². The number of carbonyl (C=O) groups excluding carboxylic acids is 1. The van der Waals surface area contributed by atoms with Crippen molar-refractivity contribution in [1.29, 1.82) is 0 Å². The van der Waals surface area contributed by atoms with Gasteiger partial charge in [-0.2, -0.15) is 34.7 Å². The summed E-state index contributed by atoms with van der Waals surface area (Å²) in [5.41, 5.74) is 1.95. The molecule has 12 heteroatoms. The molecular formula is C19H21F3N4O4S. The number of thiophene rings is 1. The predicted octanol–water partition coefficient (Wildman–Crippen LogP) is 2.14. The van der Waals surface area contributed by atoms with Gasteiger partial charge in [0.15, 0.2) is 0 Å². The highest BCUT2D eigenvalue weighted by Gasteiger charge is 2.39. The van der Waals surface area contributed by atoms with Crippen molar-refractivity contribution in [2.45, 2.75) is 18.8 Å². The van der Waals surface area contributed by atoms with E-state index in [1.54, 1.807) is 23.6 Å². The maximum Gasteiger partial charge on any atom is 0.490 e. The van der Waals surface area contributed by atoms with E-state index in [9.17, 15) is 18.0 Å². The van der Waals surface area contributed by atoms with E-state index in [4.69, 9.17) is 14.6 Å². The zero-order chi connectivity index (χ0) is 22.4.